The van der Waals surface area contributed by atoms with Crippen molar-refractivity contribution in [3.8, 4) is 23.8 Å². The fourth-order valence-corrected chi connectivity index (χ4v) is 3.50. The normalized spacial score (nSPS) is 15.1. The van der Waals surface area contributed by atoms with Gasteiger partial charge in [0.2, 0.25) is 0 Å². The summed E-state index contributed by atoms with van der Waals surface area (Å²) in [6.07, 6.45) is 6.82. The van der Waals surface area contributed by atoms with Gasteiger partial charge in [0.25, 0.3) is 11.1 Å². The van der Waals surface area contributed by atoms with Gasteiger partial charge in [-0.25, -0.2) is 4.90 Å². The second-order valence-corrected chi connectivity index (χ2v) is 6.83. The topological polar surface area (TPSA) is 55.8 Å². The molecule has 0 aromatic heterocycles. The molecule has 7 heteroatoms. The van der Waals surface area contributed by atoms with Crippen molar-refractivity contribution in [1.29, 1.82) is 0 Å². The minimum atomic E-state index is -0.404. The van der Waals surface area contributed by atoms with Crippen LogP contribution in [0.4, 0.5) is 10.5 Å². The van der Waals surface area contributed by atoms with Crippen LogP contribution >= 0.6 is 23.4 Å². The first kappa shape index (κ1) is 18.9. The maximum atomic E-state index is 12.7. The molecule has 1 aliphatic rings. The Balaban J connectivity index is 1.88. The number of amides is 2. The van der Waals surface area contributed by atoms with Crippen molar-refractivity contribution in [3.05, 3.63) is 58.0 Å². The molecule has 0 radical (unpaired) electrons. The van der Waals surface area contributed by atoms with Crippen LogP contribution < -0.4 is 14.4 Å². The average molecular weight is 400 g/mol. The molecule has 0 atom stereocenters. The SMILES string of the molecule is C#CCOc1ccc(/C=C2\SC(=O)N(c3cccc(Cl)c3)C2=O)cc1OC. The second-order valence-electron chi connectivity index (χ2n) is 5.40. The van der Waals surface area contributed by atoms with Gasteiger partial charge in [-0.3, -0.25) is 9.59 Å². The summed E-state index contributed by atoms with van der Waals surface area (Å²) < 4.78 is 10.7. The first-order valence-corrected chi connectivity index (χ1v) is 9.00. The molecule has 0 N–H and O–H groups in total. The Kier molecular flexibility index (Phi) is 5.75. The van der Waals surface area contributed by atoms with Crippen LogP contribution in [-0.2, 0) is 4.79 Å². The number of carbonyl (C=O) groups is 2. The van der Waals surface area contributed by atoms with E-state index in [0.717, 1.165) is 16.7 Å². The molecule has 3 rings (SSSR count). The van der Waals surface area contributed by atoms with Gasteiger partial charge >= 0.3 is 0 Å². The summed E-state index contributed by atoms with van der Waals surface area (Å²) >= 11 is 6.83. The number of halogens is 1. The highest BCUT2D eigenvalue weighted by molar-refractivity contribution is 8.19. The van der Waals surface area contributed by atoms with Crippen LogP contribution in [0.15, 0.2) is 47.4 Å². The molecule has 5 nitrogen and oxygen atoms in total. The van der Waals surface area contributed by atoms with Gasteiger partial charge in [-0.1, -0.05) is 29.7 Å². The molecule has 27 heavy (non-hydrogen) atoms. The van der Waals surface area contributed by atoms with Gasteiger partial charge in [0.05, 0.1) is 17.7 Å². The number of terminal acetylenes is 1. The zero-order valence-corrected chi connectivity index (χ0v) is 15.8. The molecule has 1 heterocycles. The molecule has 0 unspecified atom stereocenters. The smallest absolute Gasteiger partial charge is 0.298 e. The van der Waals surface area contributed by atoms with Crippen LogP contribution in [0.2, 0.25) is 5.02 Å². The summed E-state index contributed by atoms with van der Waals surface area (Å²) in [6, 6.07) is 11.7. The molecule has 1 saturated heterocycles. The summed E-state index contributed by atoms with van der Waals surface area (Å²) in [5.41, 5.74) is 1.13. The molecular weight excluding hydrogens is 386 g/mol. The Bertz CT molecular complexity index is 980. The third kappa shape index (κ3) is 4.11. The van der Waals surface area contributed by atoms with Crippen LogP contribution in [0.1, 0.15) is 5.56 Å². The quantitative estimate of drug-likeness (QED) is 0.543. The lowest BCUT2D eigenvalue weighted by atomic mass is 10.2. The zero-order valence-electron chi connectivity index (χ0n) is 14.3. The number of imide groups is 1. The van der Waals surface area contributed by atoms with Crippen molar-refractivity contribution >= 4 is 46.3 Å². The van der Waals surface area contributed by atoms with Crippen molar-refractivity contribution in [2.75, 3.05) is 18.6 Å². The second kappa shape index (κ2) is 8.21. The van der Waals surface area contributed by atoms with Crippen molar-refractivity contribution in [1.82, 2.24) is 0 Å². The number of methoxy groups -OCH3 is 1. The Morgan fingerprint density at radius 3 is 2.74 bits per heavy atom. The van der Waals surface area contributed by atoms with E-state index in [1.54, 1.807) is 48.5 Å². The minimum Gasteiger partial charge on any atom is -0.493 e. The Labute approximate surface area is 165 Å². The Morgan fingerprint density at radius 1 is 1.22 bits per heavy atom. The predicted octanol–water partition coefficient (Wildman–Crippen LogP) is 4.60. The van der Waals surface area contributed by atoms with Crippen LogP contribution in [0, 0.1) is 12.3 Å². The fourth-order valence-electron chi connectivity index (χ4n) is 2.47. The van der Waals surface area contributed by atoms with Gasteiger partial charge in [-0.05, 0) is 53.7 Å². The molecule has 2 aromatic carbocycles. The lowest BCUT2D eigenvalue weighted by Gasteiger charge is -2.12. The lowest BCUT2D eigenvalue weighted by molar-refractivity contribution is -0.113. The molecule has 0 aliphatic carbocycles. The third-order valence-corrected chi connectivity index (χ3v) is 4.76. The number of nitrogens with zero attached hydrogens (tertiary/aromatic N) is 1. The van der Waals surface area contributed by atoms with Crippen molar-refractivity contribution in [2.24, 2.45) is 0 Å². The number of carbonyl (C=O) groups excluding carboxylic acids is 2. The number of thioether (sulfide) groups is 1. The van der Waals surface area contributed by atoms with Crippen LogP contribution in [0.3, 0.4) is 0 Å². The molecule has 1 aliphatic heterocycles. The summed E-state index contributed by atoms with van der Waals surface area (Å²) in [7, 11) is 1.51. The van der Waals surface area contributed by atoms with Gasteiger partial charge in [-0.2, -0.15) is 0 Å². The number of hydrogen-bond donors (Lipinski definition) is 0. The van der Waals surface area contributed by atoms with Gasteiger partial charge in [0, 0.05) is 5.02 Å². The number of rotatable bonds is 5. The summed E-state index contributed by atoms with van der Waals surface area (Å²) in [5, 5.41) is 0.0669. The summed E-state index contributed by atoms with van der Waals surface area (Å²) in [5.74, 6) is 2.96. The number of benzene rings is 2. The Morgan fingerprint density at radius 2 is 2.04 bits per heavy atom. The van der Waals surface area contributed by atoms with E-state index in [9.17, 15) is 9.59 Å². The number of hydrogen-bond acceptors (Lipinski definition) is 5. The van der Waals surface area contributed by atoms with E-state index in [2.05, 4.69) is 5.92 Å². The molecule has 0 spiro atoms. The van der Waals surface area contributed by atoms with E-state index in [1.165, 1.54) is 7.11 Å². The average Bonchev–Trinajstić information content (AvgIpc) is 2.93. The summed E-state index contributed by atoms with van der Waals surface area (Å²) in [4.78, 5) is 26.4. The van der Waals surface area contributed by atoms with E-state index in [1.807, 2.05) is 0 Å². The molecule has 0 saturated carbocycles. The van der Waals surface area contributed by atoms with Crippen molar-refractivity contribution in [3.63, 3.8) is 0 Å². The van der Waals surface area contributed by atoms with E-state index in [4.69, 9.17) is 27.5 Å². The van der Waals surface area contributed by atoms with Crippen molar-refractivity contribution in [2.45, 2.75) is 0 Å². The summed E-state index contributed by atoms with van der Waals surface area (Å²) in [6.45, 7) is 0.119. The van der Waals surface area contributed by atoms with E-state index < -0.39 is 5.91 Å². The Hall–Kier alpha value is -2.88. The fraction of sp³-hybridized carbons (Fsp3) is 0.100. The van der Waals surface area contributed by atoms with E-state index in [-0.39, 0.29) is 11.8 Å². The maximum absolute atomic E-state index is 12.7. The van der Waals surface area contributed by atoms with Gasteiger partial charge in [0.15, 0.2) is 11.5 Å². The third-order valence-electron chi connectivity index (χ3n) is 3.66. The largest absolute Gasteiger partial charge is 0.493 e. The molecule has 0 bridgehead atoms. The van der Waals surface area contributed by atoms with Gasteiger partial charge in [0.1, 0.15) is 6.61 Å². The van der Waals surface area contributed by atoms with Crippen LogP contribution in [0.25, 0.3) is 6.08 Å². The minimum absolute atomic E-state index is 0.119. The zero-order chi connectivity index (χ0) is 19.4. The highest BCUT2D eigenvalue weighted by Gasteiger charge is 2.36. The number of ether oxygens (including phenoxy) is 2. The highest BCUT2D eigenvalue weighted by atomic mass is 35.5. The van der Waals surface area contributed by atoms with Gasteiger partial charge in [-0.15, -0.1) is 6.42 Å². The highest BCUT2D eigenvalue weighted by Crippen LogP contribution is 2.37. The predicted molar refractivity (Wildman–Crippen MR) is 107 cm³/mol. The van der Waals surface area contributed by atoms with Crippen molar-refractivity contribution < 1.29 is 19.1 Å². The molecule has 1 fully saturated rings. The molecular formula is C20H14ClNO4S. The van der Waals surface area contributed by atoms with Crippen LogP contribution in [-0.4, -0.2) is 24.9 Å². The van der Waals surface area contributed by atoms with E-state index in [0.29, 0.717) is 32.7 Å². The van der Waals surface area contributed by atoms with E-state index >= 15 is 0 Å². The maximum Gasteiger partial charge on any atom is 0.298 e. The monoisotopic (exact) mass is 399 g/mol. The number of anilines is 1. The first-order chi connectivity index (χ1) is 13.0. The lowest BCUT2D eigenvalue weighted by Crippen LogP contribution is -2.27. The van der Waals surface area contributed by atoms with Crippen LogP contribution in [0.5, 0.6) is 11.5 Å². The van der Waals surface area contributed by atoms with Gasteiger partial charge < -0.3 is 9.47 Å². The molecule has 2 aromatic rings. The standard InChI is InChI=1S/C20H14ClNO4S/c1-3-9-26-16-8-7-13(10-17(16)25-2)11-18-19(23)22(20(24)27-18)15-6-4-5-14(21)12-15/h1,4-8,10-12H,9H2,2H3/b18-11-. The molecule has 136 valence electrons. The first-order valence-electron chi connectivity index (χ1n) is 7.81. The molecule has 2 amide bonds.